The third-order valence-corrected chi connectivity index (χ3v) is 2.95. The highest BCUT2D eigenvalue weighted by Crippen LogP contribution is 2.39. The van der Waals surface area contributed by atoms with Crippen molar-refractivity contribution >= 4 is 21.9 Å². The fourth-order valence-electron chi connectivity index (χ4n) is 1.42. The van der Waals surface area contributed by atoms with Crippen LogP contribution in [-0.4, -0.2) is 32.4 Å². The Morgan fingerprint density at radius 3 is 2.44 bits per heavy atom. The number of methoxy groups -OCH3 is 3. The van der Waals surface area contributed by atoms with E-state index in [9.17, 15) is 14.3 Å². The van der Waals surface area contributed by atoms with E-state index in [0.717, 1.165) is 7.11 Å². The van der Waals surface area contributed by atoms with Gasteiger partial charge in [0, 0.05) is 10.0 Å². The van der Waals surface area contributed by atoms with Gasteiger partial charge in [0.05, 0.1) is 21.3 Å². The standard InChI is InChI=1S/C11H12BrFO5/c1-16-6-4-5(12)7(8(13)10(6)17-2)9(14)11(15)18-3/h4,9,14H,1-3H3. The molecule has 1 atom stereocenters. The zero-order chi connectivity index (χ0) is 13.9. The van der Waals surface area contributed by atoms with Gasteiger partial charge in [0.25, 0.3) is 0 Å². The fourth-order valence-corrected chi connectivity index (χ4v) is 2.01. The summed E-state index contributed by atoms with van der Waals surface area (Å²) in [7, 11) is 3.70. The number of esters is 1. The number of aliphatic hydroxyl groups is 1. The monoisotopic (exact) mass is 322 g/mol. The van der Waals surface area contributed by atoms with Crippen molar-refractivity contribution in [2.75, 3.05) is 21.3 Å². The van der Waals surface area contributed by atoms with Crippen LogP contribution in [0.2, 0.25) is 0 Å². The minimum absolute atomic E-state index is 0.141. The van der Waals surface area contributed by atoms with Crippen LogP contribution in [0.4, 0.5) is 4.39 Å². The predicted octanol–water partition coefficient (Wildman–Crippen LogP) is 1.81. The molecule has 0 aliphatic carbocycles. The van der Waals surface area contributed by atoms with Crippen LogP contribution in [0.5, 0.6) is 11.5 Å². The molecule has 0 radical (unpaired) electrons. The number of carbonyl (C=O) groups excluding carboxylic acids is 1. The molecule has 1 aromatic carbocycles. The molecule has 0 heterocycles. The van der Waals surface area contributed by atoms with E-state index in [1.807, 2.05) is 0 Å². The van der Waals surface area contributed by atoms with Crippen molar-refractivity contribution in [3.05, 3.63) is 21.9 Å². The number of halogens is 2. The number of rotatable bonds is 4. The van der Waals surface area contributed by atoms with Crippen molar-refractivity contribution in [3.63, 3.8) is 0 Å². The molecule has 1 rings (SSSR count). The minimum Gasteiger partial charge on any atom is -0.493 e. The predicted molar refractivity (Wildman–Crippen MR) is 64.2 cm³/mol. The number of hydrogen-bond donors (Lipinski definition) is 1. The topological polar surface area (TPSA) is 65.0 Å². The molecule has 0 saturated carbocycles. The number of ether oxygens (including phenoxy) is 3. The molecule has 0 amide bonds. The average molecular weight is 323 g/mol. The lowest BCUT2D eigenvalue weighted by Crippen LogP contribution is -2.16. The van der Waals surface area contributed by atoms with Gasteiger partial charge in [-0.2, -0.15) is 0 Å². The largest absolute Gasteiger partial charge is 0.493 e. The van der Waals surface area contributed by atoms with Crippen molar-refractivity contribution in [2.24, 2.45) is 0 Å². The summed E-state index contributed by atoms with van der Waals surface area (Å²) in [4.78, 5) is 11.2. The maximum Gasteiger partial charge on any atom is 0.339 e. The molecule has 1 unspecified atom stereocenters. The lowest BCUT2D eigenvalue weighted by Gasteiger charge is -2.16. The molecule has 0 aliphatic heterocycles. The Balaban J connectivity index is 3.41. The maximum absolute atomic E-state index is 14.1. The number of hydrogen-bond acceptors (Lipinski definition) is 5. The Morgan fingerprint density at radius 1 is 1.39 bits per heavy atom. The van der Waals surface area contributed by atoms with Crippen molar-refractivity contribution in [3.8, 4) is 11.5 Å². The molecule has 0 aromatic heterocycles. The molecule has 0 saturated heterocycles. The molecule has 7 heteroatoms. The van der Waals surface area contributed by atoms with Gasteiger partial charge < -0.3 is 19.3 Å². The van der Waals surface area contributed by atoms with E-state index in [-0.39, 0.29) is 21.5 Å². The summed E-state index contributed by atoms with van der Waals surface area (Å²) in [5.74, 6) is -1.91. The van der Waals surface area contributed by atoms with Crippen LogP contribution in [0.1, 0.15) is 11.7 Å². The third kappa shape index (κ3) is 2.56. The number of aliphatic hydroxyl groups excluding tert-OH is 1. The summed E-state index contributed by atoms with van der Waals surface area (Å²) in [6.45, 7) is 0. The first-order chi connectivity index (χ1) is 8.47. The van der Waals surface area contributed by atoms with Crippen LogP contribution < -0.4 is 9.47 Å². The Bertz CT molecular complexity index is 463. The van der Waals surface area contributed by atoms with E-state index in [2.05, 4.69) is 20.7 Å². The first kappa shape index (κ1) is 14.7. The summed E-state index contributed by atoms with van der Waals surface area (Å²) < 4.78 is 28.4. The molecule has 5 nitrogen and oxygen atoms in total. The summed E-state index contributed by atoms with van der Waals surface area (Å²) in [6.07, 6.45) is -1.75. The summed E-state index contributed by atoms with van der Waals surface area (Å²) in [5.41, 5.74) is -0.264. The second kappa shape index (κ2) is 6.01. The Morgan fingerprint density at radius 2 is 2.00 bits per heavy atom. The van der Waals surface area contributed by atoms with Crippen molar-refractivity contribution in [1.82, 2.24) is 0 Å². The zero-order valence-electron chi connectivity index (χ0n) is 9.99. The molecule has 0 bridgehead atoms. The summed E-state index contributed by atoms with van der Waals surface area (Å²) in [5, 5.41) is 9.69. The second-order valence-electron chi connectivity index (χ2n) is 3.25. The molecule has 0 fully saturated rings. The quantitative estimate of drug-likeness (QED) is 0.856. The third-order valence-electron chi connectivity index (χ3n) is 2.30. The first-order valence-corrected chi connectivity index (χ1v) is 5.63. The molecule has 18 heavy (non-hydrogen) atoms. The summed E-state index contributed by atoms with van der Waals surface area (Å²) in [6, 6.07) is 1.39. The van der Waals surface area contributed by atoms with Gasteiger partial charge in [0.15, 0.2) is 23.4 Å². The average Bonchev–Trinajstić information content (AvgIpc) is 2.36. The van der Waals surface area contributed by atoms with Gasteiger partial charge in [-0.15, -0.1) is 0 Å². The van der Waals surface area contributed by atoms with Gasteiger partial charge in [-0.1, -0.05) is 15.9 Å². The lowest BCUT2D eigenvalue weighted by atomic mass is 10.1. The van der Waals surface area contributed by atoms with Crippen LogP contribution in [0.25, 0.3) is 0 Å². The van der Waals surface area contributed by atoms with Gasteiger partial charge in [0.2, 0.25) is 0 Å². The van der Waals surface area contributed by atoms with Crippen LogP contribution in [0.15, 0.2) is 10.5 Å². The Kier molecular flexibility index (Phi) is 4.92. The second-order valence-corrected chi connectivity index (χ2v) is 4.10. The van der Waals surface area contributed by atoms with Crippen molar-refractivity contribution < 1.29 is 28.5 Å². The Hall–Kier alpha value is -1.34. The van der Waals surface area contributed by atoms with E-state index in [1.54, 1.807) is 0 Å². The molecule has 0 aliphatic rings. The first-order valence-electron chi connectivity index (χ1n) is 4.83. The maximum atomic E-state index is 14.1. The highest BCUT2D eigenvalue weighted by atomic mass is 79.9. The van der Waals surface area contributed by atoms with Gasteiger partial charge in [-0.05, 0) is 6.07 Å². The Labute approximate surface area is 112 Å². The molecule has 100 valence electrons. The molecular weight excluding hydrogens is 311 g/mol. The molecular formula is C11H12BrFO5. The molecule has 1 aromatic rings. The highest BCUT2D eigenvalue weighted by molar-refractivity contribution is 9.10. The number of carbonyl (C=O) groups is 1. The zero-order valence-corrected chi connectivity index (χ0v) is 11.6. The van der Waals surface area contributed by atoms with Crippen LogP contribution >= 0.6 is 15.9 Å². The van der Waals surface area contributed by atoms with E-state index < -0.39 is 17.9 Å². The molecule has 0 spiro atoms. The fraction of sp³-hybridized carbons (Fsp3) is 0.364. The van der Waals surface area contributed by atoms with Crippen molar-refractivity contribution in [1.29, 1.82) is 0 Å². The normalized spacial score (nSPS) is 11.9. The van der Waals surface area contributed by atoms with Gasteiger partial charge in [-0.3, -0.25) is 0 Å². The smallest absolute Gasteiger partial charge is 0.339 e. The highest BCUT2D eigenvalue weighted by Gasteiger charge is 2.28. The van der Waals surface area contributed by atoms with Crippen molar-refractivity contribution in [2.45, 2.75) is 6.10 Å². The van der Waals surface area contributed by atoms with E-state index in [0.29, 0.717) is 0 Å². The SMILES string of the molecule is COC(=O)C(O)c1c(Br)cc(OC)c(OC)c1F. The van der Waals surface area contributed by atoms with Crippen LogP contribution in [-0.2, 0) is 9.53 Å². The van der Waals surface area contributed by atoms with E-state index >= 15 is 0 Å². The van der Waals surface area contributed by atoms with Crippen LogP contribution in [0.3, 0.4) is 0 Å². The van der Waals surface area contributed by atoms with E-state index in [4.69, 9.17) is 9.47 Å². The van der Waals surface area contributed by atoms with E-state index in [1.165, 1.54) is 20.3 Å². The van der Waals surface area contributed by atoms with Gasteiger partial charge in [0.1, 0.15) is 0 Å². The van der Waals surface area contributed by atoms with Gasteiger partial charge >= 0.3 is 5.97 Å². The van der Waals surface area contributed by atoms with Gasteiger partial charge in [-0.25, -0.2) is 9.18 Å². The lowest BCUT2D eigenvalue weighted by molar-refractivity contribution is -0.150. The summed E-state index contributed by atoms with van der Waals surface area (Å²) >= 11 is 3.06. The minimum atomic E-state index is -1.75. The number of benzene rings is 1. The molecule has 1 N–H and O–H groups in total. The van der Waals surface area contributed by atoms with Crippen LogP contribution in [0, 0.1) is 5.82 Å².